The monoisotopic (exact) mass is 1260 g/mol. The van der Waals surface area contributed by atoms with E-state index < -0.39 is 114 Å². The number of halogens is 1. The smallest absolute Gasteiger partial charge is 0.497 e. The van der Waals surface area contributed by atoms with Crippen molar-refractivity contribution in [3.8, 4) is 28.7 Å². The van der Waals surface area contributed by atoms with Gasteiger partial charge in [0.25, 0.3) is 11.8 Å². The van der Waals surface area contributed by atoms with E-state index in [1.807, 2.05) is 0 Å². The molecule has 3 amide bonds. The average molecular weight is 1260 g/mol. The number of amides is 3. The number of ether oxygens (including phenoxy) is 7. The molecule has 2 aromatic heterocycles. The van der Waals surface area contributed by atoms with Crippen LogP contribution in [0.5, 0.6) is 28.7 Å². The largest absolute Gasteiger partial charge is 0.501 e. The number of H-pyrrole nitrogens is 1. The number of likely N-dealkylation sites (N-methyl/N-ethyl adjacent to an activating group) is 1. The summed E-state index contributed by atoms with van der Waals surface area (Å²) in [5.74, 6) is -2.76. The highest BCUT2D eigenvalue weighted by Gasteiger charge is 2.47. The Hall–Kier alpha value is -7.01. The molecule has 9 rings (SSSR count). The molecule has 10 N–H and O–H groups in total. The number of hydrogen-bond acceptors (Lipinski definition) is 24. The van der Waals surface area contributed by atoms with E-state index in [0.717, 1.165) is 12.1 Å². The van der Waals surface area contributed by atoms with Crippen molar-refractivity contribution in [1.82, 2.24) is 30.2 Å². The van der Waals surface area contributed by atoms with Crippen LogP contribution in [-0.4, -0.2) is 233 Å². The standard InChI is InChI=1S/C56H68ClN7O22S/c1-4-45(67)58-12-16-79-15-11-32-26-63(61-60-32)14-18-80-17-13-62(2)53(74)30-6-10-40(82-56-52(73)50(71)48(69)44(28-66)84-56)42(20-30)86-87(76,77)85-41-23-39-46(36-21-33(78-3)8-9-35(36)41)31(24-57)25-64(39)54(75)38-19-29-5-7-34(22-37(29)59-38)81-55-51(72)49(70)47(68)43(27-65)83-55/h5-10,19-23,26,31,43-44,47-52,55-56,59,65-66,68-73H,4,11-18,24-25,27-28H2,1-3H3,(H,58,67)/t31-,43-,44-,47+,48+,49+,50+,51-,52?,55?,56-/m1/s1. The van der Waals surface area contributed by atoms with Crippen molar-refractivity contribution < 1.29 is 105 Å². The molecule has 0 aliphatic carbocycles. The molecule has 5 heterocycles. The Balaban J connectivity index is 0.932. The summed E-state index contributed by atoms with van der Waals surface area (Å²) >= 11 is 6.60. The Morgan fingerprint density at radius 1 is 0.782 bits per heavy atom. The van der Waals surface area contributed by atoms with Gasteiger partial charge in [-0.25, -0.2) is 4.68 Å². The summed E-state index contributed by atoms with van der Waals surface area (Å²) in [6.07, 6.45) is -13.9. The van der Waals surface area contributed by atoms with E-state index >= 15 is 0 Å². The second-order valence-corrected chi connectivity index (χ2v) is 22.1. The molecule has 3 aliphatic rings. The molecule has 31 heteroatoms. The number of aromatic amines is 1. The van der Waals surface area contributed by atoms with Crippen LogP contribution < -0.4 is 32.8 Å². The number of methoxy groups -OCH3 is 1. The first-order valence-corrected chi connectivity index (χ1v) is 29.6. The summed E-state index contributed by atoms with van der Waals surface area (Å²) < 4.78 is 81.4. The van der Waals surface area contributed by atoms with Crippen LogP contribution >= 0.6 is 11.6 Å². The van der Waals surface area contributed by atoms with Gasteiger partial charge in [0, 0.05) is 91.5 Å². The SMILES string of the molecule is CCC(=O)NCCOCCc1cn(CCOCCN(C)C(=O)c2ccc(O[C@@H]3O[C@H](CO)[C@H](O)[C@H](O)C3O)c(OS(=O)(=O)Oc3cc4c(c5cc(OC)ccc35)[C@H](CCl)CN4C(=O)c3cc4ccc(OC5O[C@H](CO)[C@H](O)[C@H](O)[C@H]5O)cc4[nH]3)c2)nn1. The van der Waals surface area contributed by atoms with Crippen molar-refractivity contribution in [2.45, 2.75) is 93.6 Å². The van der Waals surface area contributed by atoms with Gasteiger partial charge in [-0.05, 0) is 65.5 Å². The van der Waals surface area contributed by atoms with Gasteiger partial charge in [0.2, 0.25) is 18.5 Å². The zero-order valence-corrected chi connectivity index (χ0v) is 48.9. The number of fused-ring (bicyclic) bond motifs is 4. The van der Waals surface area contributed by atoms with Crippen LogP contribution in [0.3, 0.4) is 0 Å². The topological polar surface area (TPSA) is 395 Å². The molecule has 2 unspecified atom stereocenters. The quantitative estimate of drug-likeness (QED) is 0.0237. The lowest BCUT2D eigenvalue weighted by Crippen LogP contribution is -2.60. The lowest BCUT2D eigenvalue weighted by Gasteiger charge is -2.39. The number of carbonyl (C=O) groups excluding carboxylic acids is 3. The molecule has 0 bridgehead atoms. The zero-order valence-electron chi connectivity index (χ0n) is 47.3. The van der Waals surface area contributed by atoms with Crippen LogP contribution in [0.2, 0.25) is 0 Å². The van der Waals surface area contributed by atoms with Crippen molar-refractivity contribution in [3.63, 3.8) is 0 Å². The Labute approximate surface area is 502 Å². The number of aromatic nitrogens is 4. The maximum Gasteiger partial charge on any atom is 0.501 e. The molecule has 29 nitrogen and oxygen atoms in total. The lowest BCUT2D eigenvalue weighted by atomic mass is 9.95. The van der Waals surface area contributed by atoms with Gasteiger partial charge in [-0.3, -0.25) is 14.4 Å². The van der Waals surface area contributed by atoms with Crippen molar-refractivity contribution in [3.05, 3.63) is 95.4 Å². The fraction of sp³-hybridized carbons (Fsp3) is 0.482. The Morgan fingerprint density at radius 3 is 2.16 bits per heavy atom. The van der Waals surface area contributed by atoms with E-state index in [-0.39, 0.29) is 71.9 Å². The number of hydrogen-bond donors (Lipinski definition) is 10. The van der Waals surface area contributed by atoms with Crippen molar-refractivity contribution >= 4 is 67.1 Å². The second kappa shape index (κ2) is 28.4. The predicted molar refractivity (Wildman–Crippen MR) is 305 cm³/mol. The lowest BCUT2D eigenvalue weighted by molar-refractivity contribution is -0.277. The number of aliphatic hydroxyl groups is 8. The third kappa shape index (κ3) is 14.8. The fourth-order valence-corrected chi connectivity index (χ4v) is 11.0. The maximum absolute atomic E-state index is 14.7. The molecule has 0 spiro atoms. The van der Waals surface area contributed by atoms with E-state index in [4.69, 9.17) is 53.1 Å². The van der Waals surface area contributed by atoms with E-state index in [0.29, 0.717) is 72.4 Å². The third-order valence-corrected chi connectivity index (χ3v) is 16.0. The minimum Gasteiger partial charge on any atom is -0.497 e. The first-order chi connectivity index (χ1) is 41.7. The highest BCUT2D eigenvalue weighted by molar-refractivity contribution is 7.82. The van der Waals surface area contributed by atoms with Gasteiger partial charge in [0.15, 0.2) is 17.2 Å². The zero-order chi connectivity index (χ0) is 62.3. The van der Waals surface area contributed by atoms with Gasteiger partial charge >= 0.3 is 10.4 Å². The van der Waals surface area contributed by atoms with E-state index in [1.165, 1.54) is 54.3 Å². The number of rotatable bonds is 27. The van der Waals surface area contributed by atoms with E-state index in [1.54, 1.807) is 42.1 Å². The van der Waals surface area contributed by atoms with Crippen molar-refractivity contribution in [2.24, 2.45) is 0 Å². The average Bonchev–Trinajstić information content (AvgIpc) is 1.69. The minimum atomic E-state index is -5.33. The van der Waals surface area contributed by atoms with E-state index in [9.17, 15) is 63.7 Å². The van der Waals surface area contributed by atoms with Gasteiger partial charge in [0.05, 0.1) is 64.7 Å². The summed E-state index contributed by atoms with van der Waals surface area (Å²) in [7, 11) is -2.42. The molecular formula is C56H68ClN7O22S. The van der Waals surface area contributed by atoms with Crippen LogP contribution in [0.15, 0.2) is 72.9 Å². The van der Waals surface area contributed by atoms with Gasteiger partial charge in [-0.1, -0.05) is 12.1 Å². The minimum absolute atomic E-state index is 0.0118. The van der Waals surface area contributed by atoms with Gasteiger partial charge in [0.1, 0.15) is 66.0 Å². The first-order valence-electron chi connectivity index (χ1n) is 27.7. The Morgan fingerprint density at radius 2 is 1.47 bits per heavy atom. The molecule has 2 fully saturated rings. The third-order valence-electron chi connectivity index (χ3n) is 14.8. The number of anilines is 1. The van der Waals surface area contributed by atoms with Crippen LogP contribution in [0.4, 0.5) is 5.69 Å². The molecule has 87 heavy (non-hydrogen) atoms. The molecule has 4 aromatic carbocycles. The molecule has 0 saturated carbocycles. The van der Waals surface area contributed by atoms with Gasteiger partial charge in [-0.2, -0.15) is 0 Å². The molecule has 6 aromatic rings. The molecule has 11 atom stereocenters. The van der Waals surface area contributed by atoms with E-state index in [2.05, 4.69) is 20.6 Å². The predicted octanol–water partition coefficient (Wildman–Crippen LogP) is -0.162. The molecule has 0 radical (unpaired) electrons. The molecule has 2 saturated heterocycles. The maximum atomic E-state index is 14.7. The molecule has 3 aliphatic heterocycles. The number of benzene rings is 4. The van der Waals surface area contributed by atoms with Crippen molar-refractivity contribution in [2.75, 3.05) is 84.2 Å². The summed E-state index contributed by atoms with van der Waals surface area (Å²) in [5.41, 5.74) is 1.78. The summed E-state index contributed by atoms with van der Waals surface area (Å²) in [6.45, 7) is 2.12. The second-order valence-electron chi connectivity index (χ2n) is 20.7. The van der Waals surface area contributed by atoms with Crippen molar-refractivity contribution in [1.29, 1.82) is 0 Å². The van der Waals surface area contributed by atoms with Crippen LogP contribution in [0.25, 0.3) is 21.7 Å². The summed E-state index contributed by atoms with van der Waals surface area (Å²) in [6, 6.07) is 15.7. The highest BCUT2D eigenvalue weighted by Crippen LogP contribution is 2.48. The van der Waals surface area contributed by atoms with Crippen LogP contribution in [0.1, 0.15) is 51.4 Å². The number of alkyl halides is 1. The number of carbonyl (C=O) groups is 3. The van der Waals surface area contributed by atoms with Crippen LogP contribution in [0, 0.1) is 0 Å². The molecule has 472 valence electrons. The number of nitrogens with zero attached hydrogens (tertiary/aromatic N) is 5. The first kappa shape index (κ1) is 64.5. The summed E-state index contributed by atoms with van der Waals surface area (Å²) in [4.78, 5) is 45.8. The van der Waals surface area contributed by atoms with Crippen LogP contribution in [-0.2, 0) is 47.1 Å². The Kier molecular flexibility index (Phi) is 21.1. The van der Waals surface area contributed by atoms with Gasteiger partial charge in [-0.15, -0.1) is 25.1 Å². The normalized spacial score (nSPS) is 23.8. The fourth-order valence-electron chi connectivity index (χ4n) is 10.0. The Bertz CT molecular complexity index is 3500. The summed E-state index contributed by atoms with van der Waals surface area (Å²) in [5, 5.41) is 94.7. The number of nitrogens with one attached hydrogen (secondary N) is 2. The van der Waals surface area contributed by atoms with Gasteiger partial charge < -0.3 is 102 Å². The molecular weight excluding hydrogens is 1190 g/mol. The number of aliphatic hydroxyl groups excluding tert-OH is 8. The highest BCUT2D eigenvalue weighted by atomic mass is 35.5.